The van der Waals surface area contributed by atoms with Crippen LogP contribution in [0.1, 0.15) is 41.5 Å². The standard InChI is InChI=1S/C15H15FN8O2/c1-8(2)12-11(19-23-24(12)14-13(17)21-26-22-14)15(25)20-18-7-9-4-3-5-10(16)6-9/h3-8H,1-2H3,(H2,17,21)(H,20,25)/b18-7+. The summed E-state index contributed by atoms with van der Waals surface area (Å²) in [7, 11) is 0. The number of amides is 1. The lowest BCUT2D eigenvalue weighted by atomic mass is 10.1. The van der Waals surface area contributed by atoms with Gasteiger partial charge in [0.25, 0.3) is 5.91 Å². The lowest BCUT2D eigenvalue weighted by Crippen LogP contribution is -2.21. The third kappa shape index (κ3) is 3.41. The van der Waals surface area contributed by atoms with Crippen LogP contribution in [-0.4, -0.2) is 37.4 Å². The molecule has 0 radical (unpaired) electrons. The van der Waals surface area contributed by atoms with E-state index in [2.05, 4.69) is 35.8 Å². The highest BCUT2D eigenvalue weighted by Crippen LogP contribution is 2.22. The highest BCUT2D eigenvalue weighted by Gasteiger charge is 2.25. The lowest BCUT2D eigenvalue weighted by molar-refractivity contribution is 0.0948. The molecule has 2 heterocycles. The fourth-order valence-electron chi connectivity index (χ4n) is 2.27. The van der Waals surface area contributed by atoms with Crippen molar-refractivity contribution in [3.63, 3.8) is 0 Å². The number of carbonyl (C=O) groups excluding carboxylic acids is 1. The summed E-state index contributed by atoms with van der Waals surface area (Å²) in [6.45, 7) is 3.71. The number of nitrogen functional groups attached to an aromatic ring is 1. The Labute approximate surface area is 146 Å². The summed E-state index contributed by atoms with van der Waals surface area (Å²) in [5, 5.41) is 18.7. The van der Waals surface area contributed by atoms with E-state index in [9.17, 15) is 9.18 Å². The van der Waals surface area contributed by atoms with Gasteiger partial charge in [-0.15, -0.1) is 5.10 Å². The van der Waals surface area contributed by atoms with Crippen LogP contribution in [0.2, 0.25) is 0 Å². The zero-order valence-corrected chi connectivity index (χ0v) is 13.9. The van der Waals surface area contributed by atoms with Gasteiger partial charge in [0.1, 0.15) is 5.82 Å². The van der Waals surface area contributed by atoms with E-state index in [1.165, 1.54) is 29.1 Å². The van der Waals surface area contributed by atoms with Gasteiger partial charge in [-0.2, -0.15) is 9.78 Å². The number of carbonyl (C=O) groups is 1. The molecule has 0 aliphatic rings. The second-order valence-electron chi connectivity index (χ2n) is 5.62. The van der Waals surface area contributed by atoms with Crippen molar-refractivity contribution >= 4 is 17.9 Å². The second-order valence-corrected chi connectivity index (χ2v) is 5.62. The minimum absolute atomic E-state index is 0.0212. The first-order valence-corrected chi connectivity index (χ1v) is 7.60. The second kappa shape index (κ2) is 7.09. The maximum atomic E-state index is 13.1. The van der Waals surface area contributed by atoms with E-state index >= 15 is 0 Å². The molecule has 1 aromatic carbocycles. The molecule has 2 aromatic heterocycles. The van der Waals surface area contributed by atoms with Gasteiger partial charge in [0.15, 0.2) is 5.69 Å². The van der Waals surface area contributed by atoms with Gasteiger partial charge in [-0.05, 0) is 33.9 Å². The molecule has 0 fully saturated rings. The third-order valence-corrected chi connectivity index (χ3v) is 3.39. The molecule has 11 heteroatoms. The zero-order valence-electron chi connectivity index (χ0n) is 13.9. The number of nitrogens with one attached hydrogen (secondary N) is 1. The Morgan fingerprint density at radius 3 is 2.88 bits per heavy atom. The predicted octanol–water partition coefficient (Wildman–Crippen LogP) is 1.26. The maximum Gasteiger partial charge on any atom is 0.293 e. The summed E-state index contributed by atoms with van der Waals surface area (Å²) in [6, 6.07) is 5.78. The van der Waals surface area contributed by atoms with E-state index < -0.39 is 11.7 Å². The van der Waals surface area contributed by atoms with E-state index in [4.69, 9.17) is 5.73 Å². The largest absolute Gasteiger partial charge is 0.378 e. The minimum Gasteiger partial charge on any atom is -0.378 e. The molecule has 0 bridgehead atoms. The quantitative estimate of drug-likeness (QED) is 0.517. The van der Waals surface area contributed by atoms with Crippen molar-refractivity contribution in [2.75, 3.05) is 5.73 Å². The fourth-order valence-corrected chi connectivity index (χ4v) is 2.27. The van der Waals surface area contributed by atoms with Gasteiger partial charge in [0.05, 0.1) is 11.9 Å². The Bertz CT molecular complexity index is 962. The number of anilines is 1. The van der Waals surface area contributed by atoms with E-state index in [0.717, 1.165) is 0 Å². The van der Waals surface area contributed by atoms with Gasteiger partial charge in [0, 0.05) is 0 Å². The molecule has 0 aliphatic heterocycles. The van der Waals surface area contributed by atoms with Gasteiger partial charge >= 0.3 is 0 Å². The number of rotatable bonds is 5. The van der Waals surface area contributed by atoms with Crippen molar-refractivity contribution in [1.29, 1.82) is 0 Å². The summed E-state index contributed by atoms with van der Waals surface area (Å²) >= 11 is 0. The summed E-state index contributed by atoms with van der Waals surface area (Å²) in [5.74, 6) is -0.947. The van der Waals surface area contributed by atoms with Gasteiger partial charge in [0.2, 0.25) is 11.6 Å². The summed E-state index contributed by atoms with van der Waals surface area (Å²) in [4.78, 5) is 12.4. The van der Waals surface area contributed by atoms with Crippen LogP contribution in [0.15, 0.2) is 34.0 Å². The number of nitrogens with zero attached hydrogens (tertiary/aromatic N) is 6. The van der Waals surface area contributed by atoms with Gasteiger partial charge in [-0.1, -0.05) is 31.2 Å². The Hall–Kier alpha value is -3.63. The SMILES string of the molecule is CC(C)c1c(C(=O)N/N=C/c2cccc(F)c2)nnn1-c1nonc1N. The maximum absolute atomic E-state index is 13.1. The number of benzene rings is 1. The van der Waals surface area contributed by atoms with Gasteiger partial charge < -0.3 is 5.73 Å². The molecule has 134 valence electrons. The monoisotopic (exact) mass is 358 g/mol. The normalized spacial score (nSPS) is 11.4. The molecule has 1 amide bonds. The minimum atomic E-state index is -0.581. The molecule has 0 saturated carbocycles. The molecule has 0 unspecified atom stereocenters. The summed E-state index contributed by atoms with van der Waals surface area (Å²) < 4.78 is 19.0. The van der Waals surface area contributed by atoms with E-state index in [-0.39, 0.29) is 23.2 Å². The van der Waals surface area contributed by atoms with Crippen LogP contribution >= 0.6 is 0 Å². The number of aromatic nitrogens is 5. The zero-order chi connectivity index (χ0) is 18.7. The molecule has 0 spiro atoms. The highest BCUT2D eigenvalue weighted by molar-refractivity contribution is 5.94. The van der Waals surface area contributed by atoms with Crippen molar-refractivity contribution in [2.24, 2.45) is 5.10 Å². The first-order valence-electron chi connectivity index (χ1n) is 7.60. The first kappa shape index (κ1) is 17.2. The fraction of sp³-hybridized carbons (Fsp3) is 0.200. The summed E-state index contributed by atoms with van der Waals surface area (Å²) in [6.07, 6.45) is 1.32. The van der Waals surface area contributed by atoms with Crippen molar-refractivity contribution in [2.45, 2.75) is 19.8 Å². The topological polar surface area (TPSA) is 137 Å². The first-order chi connectivity index (χ1) is 12.5. The van der Waals surface area contributed by atoms with Crippen molar-refractivity contribution in [1.82, 2.24) is 30.7 Å². The number of hydrogen-bond acceptors (Lipinski definition) is 8. The highest BCUT2D eigenvalue weighted by atomic mass is 19.1. The van der Waals surface area contributed by atoms with Crippen molar-refractivity contribution in [3.8, 4) is 5.82 Å². The van der Waals surface area contributed by atoms with E-state index in [0.29, 0.717) is 11.3 Å². The van der Waals surface area contributed by atoms with Crippen LogP contribution in [0.3, 0.4) is 0 Å². The molecule has 3 aromatic rings. The third-order valence-electron chi connectivity index (χ3n) is 3.39. The van der Waals surface area contributed by atoms with Crippen molar-refractivity contribution < 1.29 is 13.8 Å². The Morgan fingerprint density at radius 1 is 1.42 bits per heavy atom. The average Bonchev–Trinajstić information content (AvgIpc) is 3.20. The number of hydrogen-bond donors (Lipinski definition) is 2. The molecular formula is C15H15FN8O2. The van der Waals surface area contributed by atoms with Crippen molar-refractivity contribution in [3.05, 3.63) is 47.0 Å². The molecule has 10 nitrogen and oxygen atoms in total. The summed E-state index contributed by atoms with van der Waals surface area (Å²) in [5.41, 5.74) is 9.03. The molecule has 0 saturated heterocycles. The molecule has 26 heavy (non-hydrogen) atoms. The average molecular weight is 358 g/mol. The molecular weight excluding hydrogens is 343 g/mol. The van der Waals surface area contributed by atoms with E-state index in [1.54, 1.807) is 6.07 Å². The smallest absolute Gasteiger partial charge is 0.293 e. The van der Waals surface area contributed by atoms with Crippen LogP contribution in [0.5, 0.6) is 0 Å². The Kier molecular flexibility index (Phi) is 4.69. The van der Waals surface area contributed by atoms with Gasteiger partial charge in [-0.25, -0.2) is 14.4 Å². The predicted molar refractivity (Wildman–Crippen MR) is 89.2 cm³/mol. The van der Waals surface area contributed by atoms with Crippen LogP contribution in [0.25, 0.3) is 5.82 Å². The molecule has 0 atom stereocenters. The van der Waals surface area contributed by atoms with Gasteiger partial charge in [-0.3, -0.25) is 4.79 Å². The van der Waals surface area contributed by atoms with Crippen LogP contribution in [0.4, 0.5) is 10.2 Å². The number of nitrogens with two attached hydrogens (primary N) is 1. The molecule has 0 aliphatic carbocycles. The Morgan fingerprint density at radius 2 is 2.23 bits per heavy atom. The molecule has 3 N–H and O–H groups in total. The number of hydrazone groups is 1. The lowest BCUT2D eigenvalue weighted by Gasteiger charge is -2.08. The molecule has 3 rings (SSSR count). The Balaban J connectivity index is 1.83. The van der Waals surface area contributed by atoms with Crippen LogP contribution < -0.4 is 11.2 Å². The number of halogens is 1. The van der Waals surface area contributed by atoms with E-state index in [1.807, 2.05) is 13.8 Å². The van der Waals surface area contributed by atoms with Crippen LogP contribution in [0, 0.1) is 5.82 Å². The van der Waals surface area contributed by atoms with Crippen LogP contribution in [-0.2, 0) is 0 Å².